The van der Waals surface area contributed by atoms with E-state index in [1.807, 2.05) is 6.92 Å². The largest absolute Gasteiger partial charge is 0.443 e. The summed E-state index contributed by atoms with van der Waals surface area (Å²) in [6.45, 7) is 8.41. The third kappa shape index (κ3) is 5.00. The number of hydrogen-bond donors (Lipinski definition) is 2. The van der Waals surface area contributed by atoms with Gasteiger partial charge in [0.2, 0.25) is 0 Å². The van der Waals surface area contributed by atoms with E-state index in [1.54, 1.807) is 25.5 Å². The Morgan fingerprint density at radius 3 is 2.63 bits per heavy atom. The summed E-state index contributed by atoms with van der Waals surface area (Å²) in [5.41, 5.74) is 5.44. The van der Waals surface area contributed by atoms with Gasteiger partial charge in [0, 0.05) is 18.7 Å². The van der Waals surface area contributed by atoms with E-state index in [0.717, 1.165) is 10.2 Å². The van der Waals surface area contributed by atoms with Crippen molar-refractivity contribution in [2.75, 3.05) is 0 Å². The van der Waals surface area contributed by atoms with Gasteiger partial charge < -0.3 is 4.74 Å². The van der Waals surface area contributed by atoms with Crippen molar-refractivity contribution >= 4 is 33.6 Å². The molecule has 0 aromatic carbocycles. The second kappa shape index (κ2) is 6.58. The summed E-state index contributed by atoms with van der Waals surface area (Å²) in [7, 11) is 0. The van der Waals surface area contributed by atoms with E-state index in [1.165, 1.54) is 0 Å². The maximum Gasteiger partial charge on any atom is 0.422 e. The van der Waals surface area contributed by atoms with Crippen molar-refractivity contribution in [2.45, 2.75) is 46.4 Å². The average Bonchev–Trinajstić information content (AvgIpc) is 2.53. The minimum absolute atomic E-state index is 0.346. The lowest BCUT2D eigenvalue weighted by molar-refractivity contribution is 0.0497. The Bertz CT molecular complexity index is 456. The number of rotatable bonds is 4. The third-order valence-corrected chi connectivity index (χ3v) is 3.28. The van der Waals surface area contributed by atoms with Crippen LogP contribution in [0.3, 0.4) is 0 Å². The number of amides is 1. The van der Waals surface area contributed by atoms with Crippen LogP contribution in [0.1, 0.15) is 33.3 Å². The molecule has 0 aliphatic heterocycles. The number of nitrogens with zero attached hydrogens (tertiary/aromatic N) is 2. The molecule has 0 saturated heterocycles. The van der Waals surface area contributed by atoms with Crippen molar-refractivity contribution in [3.05, 3.63) is 15.3 Å². The first kappa shape index (κ1) is 16.3. The zero-order chi connectivity index (χ0) is 14.6. The highest BCUT2D eigenvalue weighted by Gasteiger charge is 2.17. The van der Waals surface area contributed by atoms with Gasteiger partial charge in [-0.1, -0.05) is 11.6 Å². The van der Waals surface area contributed by atoms with E-state index in [2.05, 4.69) is 31.9 Å². The van der Waals surface area contributed by atoms with Crippen LogP contribution >= 0.6 is 27.5 Å². The lowest BCUT2D eigenvalue weighted by Gasteiger charge is -2.19. The molecular formula is C11H18BrClN4O2. The minimum Gasteiger partial charge on any atom is -0.443 e. The Hall–Kier alpha value is -0.790. The molecule has 0 unspecified atom stereocenters. The highest BCUT2D eigenvalue weighted by Crippen LogP contribution is 2.24. The van der Waals surface area contributed by atoms with Crippen molar-refractivity contribution in [1.29, 1.82) is 0 Å². The fourth-order valence-corrected chi connectivity index (χ4v) is 2.33. The van der Waals surface area contributed by atoms with Crippen LogP contribution in [0.5, 0.6) is 0 Å². The quantitative estimate of drug-likeness (QED) is 0.817. The molecule has 0 spiro atoms. The Kier molecular flexibility index (Phi) is 5.64. The minimum atomic E-state index is -0.539. The molecule has 1 aromatic heterocycles. The van der Waals surface area contributed by atoms with Crippen LogP contribution in [-0.4, -0.2) is 21.5 Å². The SMILES string of the molecule is CCn1nc(Cl)c(CNNC(=O)OC(C)(C)C)c1Br. The number of nitrogens with one attached hydrogen (secondary N) is 2. The first-order valence-corrected chi connectivity index (χ1v) is 7.04. The third-order valence-electron chi connectivity index (χ3n) is 2.09. The molecule has 108 valence electrons. The zero-order valence-corrected chi connectivity index (χ0v) is 13.7. The second-order valence-electron chi connectivity index (χ2n) is 4.86. The molecule has 1 rings (SSSR count). The van der Waals surface area contributed by atoms with E-state index in [9.17, 15) is 4.79 Å². The molecular weight excluding hydrogens is 336 g/mol. The molecule has 0 aliphatic carbocycles. The van der Waals surface area contributed by atoms with Crippen LogP contribution in [0.15, 0.2) is 4.60 Å². The number of carbonyl (C=O) groups is 1. The van der Waals surface area contributed by atoms with Crippen LogP contribution in [-0.2, 0) is 17.8 Å². The number of hydrazine groups is 1. The van der Waals surface area contributed by atoms with Gasteiger partial charge in [0.1, 0.15) is 10.2 Å². The van der Waals surface area contributed by atoms with Gasteiger partial charge in [-0.05, 0) is 43.6 Å². The van der Waals surface area contributed by atoms with Crippen molar-refractivity contribution in [3.63, 3.8) is 0 Å². The summed E-state index contributed by atoms with van der Waals surface area (Å²) >= 11 is 9.42. The molecule has 0 bridgehead atoms. The van der Waals surface area contributed by atoms with Crippen molar-refractivity contribution in [1.82, 2.24) is 20.6 Å². The molecule has 8 heteroatoms. The monoisotopic (exact) mass is 352 g/mol. The van der Waals surface area contributed by atoms with E-state index in [-0.39, 0.29) is 0 Å². The van der Waals surface area contributed by atoms with Gasteiger partial charge in [-0.15, -0.1) is 0 Å². The first-order chi connectivity index (χ1) is 8.74. The van der Waals surface area contributed by atoms with Crippen LogP contribution < -0.4 is 10.9 Å². The van der Waals surface area contributed by atoms with Gasteiger partial charge in [-0.2, -0.15) is 5.10 Å². The molecule has 1 aromatic rings. The first-order valence-electron chi connectivity index (χ1n) is 5.87. The predicted octanol–water partition coefficient (Wildman–Crippen LogP) is 2.85. The van der Waals surface area contributed by atoms with Crippen molar-refractivity contribution in [2.24, 2.45) is 0 Å². The fourth-order valence-electron chi connectivity index (χ4n) is 1.31. The summed E-state index contributed by atoms with van der Waals surface area (Å²) in [4.78, 5) is 11.4. The molecule has 1 amide bonds. The Balaban J connectivity index is 2.50. The molecule has 0 radical (unpaired) electrons. The Labute approximate surface area is 125 Å². The summed E-state index contributed by atoms with van der Waals surface area (Å²) in [5, 5.41) is 4.53. The summed E-state index contributed by atoms with van der Waals surface area (Å²) in [6.07, 6.45) is -0.539. The molecule has 0 aliphatic rings. The predicted molar refractivity (Wildman–Crippen MR) is 76.8 cm³/mol. The lowest BCUT2D eigenvalue weighted by atomic mass is 10.2. The smallest absolute Gasteiger partial charge is 0.422 e. The molecule has 0 atom stereocenters. The fraction of sp³-hybridized carbons (Fsp3) is 0.636. The van der Waals surface area contributed by atoms with Gasteiger partial charge in [-0.3, -0.25) is 10.1 Å². The maximum atomic E-state index is 11.4. The average molecular weight is 354 g/mol. The van der Waals surface area contributed by atoms with E-state index in [4.69, 9.17) is 16.3 Å². The van der Waals surface area contributed by atoms with E-state index >= 15 is 0 Å². The van der Waals surface area contributed by atoms with Gasteiger partial charge in [0.15, 0.2) is 5.15 Å². The topological polar surface area (TPSA) is 68.2 Å². The molecule has 0 fully saturated rings. The standard InChI is InChI=1S/C11H18BrClN4O2/c1-5-17-8(12)7(9(13)16-17)6-14-15-10(18)19-11(2,3)4/h14H,5-6H2,1-4H3,(H,15,18). The van der Waals surface area contributed by atoms with Crippen molar-refractivity contribution in [3.8, 4) is 0 Å². The van der Waals surface area contributed by atoms with Crippen molar-refractivity contribution < 1.29 is 9.53 Å². The van der Waals surface area contributed by atoms with Crippen LogP contribution in [0.25, 0.3) is 0 Å². The Morgan fingerprint density at radius 2 is 2.16 bits per heavy atom. The van der Waals surface area contributed by atoms with Gasteiger partial charge >= 0.3 is 6.09 Å². The molecule has 6 nitrogen and oxygen atoms in total. The number of hydrogen-bond acceptors (Lipinski definition) is 4. The van der Waals surface area contributed by atoms with Crippen LogP contribution in [0.2, 0.25) is 5.15 Å². The number of halogens is 2. The summed E-state index contributed by atoms with van der Waals surface area (Å²) in [6, 6.07) is 0. The molecule has 0 saturated carbocycles. The van der Waals surface area contributed by atoms with Gasteiger partial charge in [-0.25, -0.2) is 10.2 Å². The highest BCUT2D eigenvalue weighted by atomic mass is 79.9. The normalized spacial score (nSPS) is 11.5. The maximum absolute atomic E-state index is 11.4. The molecule has 2 N–H and O–H groups in total. The number of carbonyl (C=O) groups excluding carboxylic acids is 1. The van der Waals surface area contributed by atoms with Gasteiger partial charge in [0.25, 0.3) is 0 Å². The van der Waals surface area contributed by atoms with Crippen LogP contribution in [0, 0.1) is 0 Å². The molecule has 19 heavy (non-hydrogen) atoms. The number of aryl methyl sites for hydroxylation is 1. The number of ether oxygens (including phenoxy) is 1. The summed E-state index contributed by atoms with van der Waals surface area (Å²) in [5.74, 6) is 0. The lowest BCUT2D eigenvalue weighted by Crippen LogP contribution is -2.40. The van der Waals surface area contributed by atoms with E-state index in [0.29, 0.717) is 18.2 Å². The van der Waals surface area contributed by atoms with E-state index < -0.39 is 11.7 Å². The second-order valence-corrected chi connectivity index (χ2v) is 5.97. The highest BCUT2D eigenvalue weighted by molar-refractivity contribution is 9.10. The molecule has 1 heterocycles. The Morgan fingerprint density at radius 1 is 1.53 bits per heavy atom. The zero-order valence-electron chi connectivity index (χ0n) is 11.4. The number of aromatic nitrogens is 2. The van der Waals surface area contributed by atoms with Crippen LogP contribution in [0.4, 0.5) is 4.79 Å². The summed E-state index contributed by atoms with van der Waals surface area (Å²) < 4.78 is 7.60. The van der Waals surface area contributed by atoms with Gasteiger partial charge in [0.05, 0.1) is 0 Å².